The van der Waals surface area contributed by atoms with Crippen molar-refractivity contribution in [3.8, 4) is 5.88 Å². The van der Waals surface area contributed by atoms with Gasteiger partial charge in [0.25, 0.3) is 0 Å². The molecule has 1 aliphatic rings. The maximum absolute atomic E-state index is 11.9. The van der Waals surface area contributed by atoms with Gasteiger partial charge in [0.05, 0.1) is 25.7 Å². The lowest BCUT2D eigenvalue weighted by Gasteiger charge is -2.33. The number of nitrogens with one attached hydrogen (secondary N) is 1. The largest absolute Gasteiger partial charge is 0.478 e. The second-order valence-corrected chi connectivity index (χ2v) is 6.08. The van der Waals surface area contributed by atoms with Gasteiger partial charge in [-0.15, -0.1) is 24.0 Å². The number of hydrogen-bond acceptors (Lipinski definition) is 5. The monoisotopic (exact) mass is 490 g/mol. The number of ether oxygens (including phenoxy) is 2. The van der Waals surface area contributed by atoms with Gasteiger partial charge >= 0.3 is 5.97 Å². The normalized spacial score (nSPS) is 15.1. The van der Waals surface area contributed by atoms with Gasteiger partial charge in [-0.3, -0.25) is 4.79 Å². The predicted molar refractivity (Wildman–Crippen MR) is 117 cm³/mol. The summed E-state index contributed by atoms with van der Waals surface area (Å²) in [6.07, 6.45) is 3.31. The first-order valence-corrected chi connectivity index (χ1v) is 9.46. The van der Waals surface area contributed by atoms with Crippen LogP contribution in [-0.4, -0.2) is 54.7 Å². The van der Waals surface area contributed by atoms with E-state index in [-0.39, 0.29) is 35.9 Å². The van der Waals surface area contributed by atoms with Crippen LogP contribution in [0.4, 0.5) is 0 Å². The van der Waals surface area contributed by atoms with E-state index >= 15 is 0 Å². The Morgan fingerprint density at radius 1 is 1.30 bits per heavy atom. The zero-order valence-electron chi connectivity index (χ0n) is 16.4. The minimum atomic E-state index is -0.0780. The molecule has 1 N–H and O–H groups in total. The number of carbonyl (C=O) groups is 1. The minimum Gasteiger partial charge on any atom is -0.478 e. The van der Waals surface area contributed by atoms with Crippen molar-refractivity contribution in [1.82, 2.24) is 15.2 Å². The fourth-order valence-corrected chi connectivity index (χ4v) is 2.98. The molecule has 27 heavy (non-hydrogen) atoms. The van der Waals surface area contributed by atoms with Crippen LogP contribution in [0.5, 0.6) is 5.88 Å². The highest BCUT2D eigenvalue weighted by atomic mass is 127. The highest BCUT2D eigenvalue weighted by molar-refractivity contribution is 14.0. The Kier molecular flexibility index (Phi) is 11.1. The number of aliphatic imine (C=N–C) groups is 1. The van der Waals surface area contributed by atoms with Crippen LogP contribution in [0, 0.1) is 5.92 Å². The topological polar surface area (TPSA) is 76.1 Å². The highest BCUT2D eigenvalue weighted by Gasteiger charge is 2.27. The molecule has 0 saturated carbocycles. The van der Waals surface area contributed by atoms with Crippen molar-refractivity contribution in [1.29, 1.82) is 0 Å². The summed E-state index contributed by atoms with van der Waals surface area (Å²) in [6, 6.07) is 3.88. The lowest BCUT2D eigenvalue weighted by Crippen LogP contribution is -2.46. The number of carbonyl (C=O) groups excluding carboxylic acids is 1. The van der Waals surface area contributed by atoms with E-state index in [1.807, 2.05) is 26.0 Å². The van der Waals surface area contributed by atoms with Crippen LogP contribution in [0.15, 0.2) is 23.3 Å². The van der Waals surface area contributed by atoms with Gasteiger partial charge in [0.2, 0.25) is 5.88 Å². The van der Waals surface area contributed by atoms with Crippen LogP contribution in [0.3, 0.4) is 0 Å². The Balaban J connectivity index is 0.00000364. The molecule has 0 aromatic carbocycles. The molecule has 0 radical (unpaired) electrons. The third-order valence-corrected chi connectivity index (χ3v) is 4.28. The molecule has 2 heterocycles. The van der Waals surface area contributed by atoms with Crippen molar-refractivity contribution in [2.24, 2.45) is 10.9 Å². The molecule has 1 aromatic heterocycles. The molecule has 0 atom stereocenters. The zero-order chi connectivity index (χ0) is 18.8. The molecule has 152 valence electrons. The SMILES string of the molecule is CCNC(=NCc1cccnc1OCC)N1CCC(C(=O)OCC)CC1.I. The minimum absolute atomic E-state index is 0. The van der Waals surface area contributed by atoms with Crippen molar-refractivity contribution < 1.29 is 14.3 Å². The number of guanidine groups is 1. The lowest BCUT2D eigenvalue weighted by atomic mass is 9.97. The Labute approximate surface area is 178 Å². The molecule has 2 rings (SSSR count). The third-order valence-electron chi connectivity index (χ3n) is 4.28. The first-order chi connectivity index (χ1) is 12.7. The summed E-state index contributed by atoms with van der Waals surface area (Å²) in [7, 11) is 0. The number of nitrogens with zero attached hydrogens (tertiary/aromatic N) is 3. The molecular formula is C19H31IN4O3. The number of likely N-dealkylation sites (tertiary alicyclic amines) is 1. The molecule has 0 amide bonds. The molecule has 1 aliphatic heterocycles. The summed E-state index contributed by atoms with van der Waals surface area (Å²) in [5.41, 5.74) is 0.964. The molecule has 7 nitrogen and oxygen atoms in total. The van der Waals surface area contributed by atoms with Gasteiger partial charge in [0.15, 0.2) is 5.96 Å². The van der Waals surface area contributed by atoms with Crippen molar-refractivity contribution in [2.45, 2.75) is 40.2 Å². The van der Waals surface area contributed by atoms with Crippen LogP contribution in [-0.2, 0) is 16.1 Å². The summed E-state index contributed by atoms with van der Waals surface area (Å²) in [6.45, 7) is 9.74. The maximum Gasteiger partial charge on any atom is 0.309 e. The summed E-state index contributed by atoms with van der Waals surface area (Å²) >= 11 is 0. The highest BCUT2D eigenvalue weighted by Crippen LogP contribution is 2.20. The first-order valence-electron chi connectivity index (χ1n) is 9.46. The summed E-state index contributed by atoms with van der Waals surface area (Å²) in [5.74, 6) is 1.42. The number of halogens is 1. The second kappa shape index (κ2) is 12.7. The molecule has 0 bridgehead atoms. The third kappa shape index (κ3) is 7.15. The van der Waals surface area contributed by atoms with Crippen LogP contribution >= 0.6 is 24.0 Å². The average Bonchev–Trinajstić information content (AvgIpc) is 2.67. The van der Waals surface area contributed by atoms with Gasteiger partial charge in [0, 0.05) is 31.4 Å². The Morgan fingerprint density at radius 3 is 2.67 bits per heavy atom. The number of piperidine rings is 1. The van der Waals surface area contributed by atoms with E-state index < -0.39 is 0 Å². The van der Waals surface area contributed by atoms with Crippen LogP contribution in [0.1, 0.15) is 39.2 Å². The molecule has 1 fully saturated rings. The van der Waals surface area contributed by atoms with E-state index in [1.165, 1.54) is 0 Å². The Bertz CT molecular complexity index is 604. The fourth-order valence-electron chi connectivity index (χ4n) is 2.98. The molecular weight excluding hydrogens is 459 g/mol. The van der Waals surface area contributed by atoms with E-state index in [9.17, 15) is 4.79 Å². The van der Waals surface area contributed by atoms with Gasteiger partial charge in [0.1, 0.15) is 0 Å². The number of hydrogen-bond donors (Lipinski definition) is 1. The second-order valence-electron chi connectivity index (χ2n) is 6.08. The maximum atomic E-state index is 11.9. The lowest BCUT2D eigenvalue weighted by molar-refractivity contribution is -0.149. The van der Waals surface area contributed by atoms with Gasteiger partial charge in [-0.05, 0) is 39.7 Å². The molecule has 0 spiro atoms. The number of aromatic nitrogens is 1. The zero-order valence-corrected chi connectivity index (χ0v) is 18.8. The molecule has 1 saturated heterocycles. The number of rotatable bonds is 7. The quantitative estimate of drug-likeness (QED) is 0.274. The van der Waals surface area contributed by atoms with Crippen molar-refractivity contribution in [3.05, 3.63) is 23.9 Å². The fraction of sp³-hybridized carbons (Fsp3) is 0.632. The molecule has 0 aliphatic carbocycles. The van der Waals surface area contributed by atoms with Crippen molar-refractivity contribution >= 4 is 35.9 Å². The molecule has 0 unspecified atom stereocenters. The van der Waals surface area contributed by atoms with Crippen LogP contribution in [0.25, 0.3) is 0 Å². The van der Waals surface area contributed by atoms with Crippen LogP contribution in [0.2, 0.25) is 0 Å². The van der Waals surface area contributed by atoms with Crippen LogP contribution < -0.4 is 10.1 Å². The van der Waals surface area contributed by atoms with E-state index in [1.54, 1.807) is 6.20 Å². The average molecular weight is 490 g/mol. The van der Waals surface area contributed by atoms with Gasteiger partial charge in [-0.1, -0.05) is 6.07 Å². The standard InChI is InChI=1S/C19H30N4O3.HI/c1-4-20-19(22-14-16-8-7-11-21-17(16)25-5-2)23-12-9-15(10-13-23)18(24)26-6-3;/h7-8,11,15H,4-6,9-10,12-14H2,1-3H3,(H,20,22);1H. The predicted octanol–water partition coefficient (Wildman–Crippen LogP) is 2.84. The van der Waals surface area contributed by atoms with Crippen molar-refractivity contribution in [3.63, 3.8) is 0 Å². The van der Waals surface area contributed by atoms with E-state index in [4.69, 9.17) is 14.5 Å². The summed E-state index contributed by atoms with van der Waals surface area (Å²) < 4.78 is 10.7. The molecule has 8 heteroatoms. The number of esters is 1. The Morgan fingerprint density at radius 2 is 2.04 bits per heavy atom. The Hall–Kier alpha value is -1.58. The smallest absolute Gasteiger partial charge is 0.309 e. The molecule has 1 aromatic rings. The summed E-state index contributed by atoms with van der Waals surface area (Å²) in [5, 5.41) is 3.34. The van der Waals surface area contributed by atoms with E-state index in [0.717, 1.165) is 44.0 Å². The summed E-state index contributed by atoms with van der Waals surface area (Å²) in [4.78, 5) is 23.1. The van der Waals surface area contributed by atoms with E-state index in [0.29, 0.717) is 25.6 Å². The number of pyridine rings is 1. The van der Waals surface area contributed by atoms with Gasteiger partial charge in [-0.25, -0.2) is 9.98 Å². The van der Waals surface area contributed by atoms with Gasteiger partial charge < -0.3 is 19.7 Å². The van der Waals surface area contributed by atoms with Crippen molar-refractivity contribution in [2.75, 3.05) is 32.8 Å². The van der Waals surface area contributed by atoms with E-state index in [2.05, 4.69) is 22.1 Å². The van der Waals surface area contributed by atoms with Gasteiger partial charge in [-0.2, -0.15) is 0 Å². The first kappa shape index (κ1) is 23.5.